The molecular weight excluding hydrogens is 272 g/mol. The fraction of sp³-hybridized carbons (Fsp3) is 0.400. The molecule has 0 aliphatic heterocycles. The van der Waals surface area contributed by atoms with Crippen LogP contribution in [0.25, 0.3) is 0 Å². The van der Waals surface area contributed by atoms with Crippen molar-refractivity contribution in [2.24, 2.45) is 11.8 Å². The maximum absolute atomic E-state index is 11.8. The van der Waals surface area contributed by atoms with Crippen LogP contribution in [0.15, 0.2) is 24.3 Å². The Labute approximate surface area is 122 Å². The third-order valence-corrected chi connectivity index (χ3v) is 3.39. The van der Waals surface area contributed by atoms with Gasteiger partial charge in [-0.3, -0.25) is 14.4 Å². The van der Waals surface area contributed by atoms with E-state index in [9.17, 15) is 14.4 Å². The number of hydrogen-bond acceptors (Lipinski definition) is 3. The Kier molecular flexibility index (Phi) is 4.57. The number of nitrogens with one attached hydrogen (secondary N) is 2. The highest BCUT2D eigenvalue weighted by Crippen LogP contribution is 2.39. The lowest BCUT2D eigenvalue weighted by Crippen LogP contribution is -2.24. The van der Waals surface area contributed by atoms with Gasteiger partial charge in [0.1, 0.15) is 0 Å². The summed E-state index contributed by atoms with van der Waals surface area (Å²) in [4.78, 5) is 34.2. The molecule has 6 heteroatoms. The molecule has 1 aliphatic carbocycles. The van der Waals surface area contributed by atoms with Crippen molar-refractivity contribution < 1.29 is 19.5 Å². The van der Waals surface area contributed by atoms with E-state index in [1.165, 1.54) is 0 Å². The standard InChI is InChI=1S/C15H18N2O4/c1-2-7-16-13(18)9-3-5-10(6-4-9)17-14(19)11-8-12(11)15(20)21/h3-6,11-12H,2,7-8H2,1H3,(H,16,18)(H,17,19)(H,20,21). The highest BCUT2D eigenvalue weighted by Gasteiger charge is 2.48. The average Bonchev–Trinajstić information content (AvgIpc) is 3.26. The van der Waals surface area contributed by atoms with Gasteiger partial charge in [0.15, 0.2) is 0 Å². The topological polar surface area (TPSA) is 95.5 Å². The van der Waals surface area contributed by atoms with E-state index in [1.807, 2.05) is 6.92 Å². The summed E-state index contributed by atoms with van der Waals surface area (Å²) in [6.07, 6.45) is 1.25. The molecule has 1 aliphatic rings. The number of hydrogen-bond donors (Lipinski definition) is 3. The number of carboxylic acids is 1. The van der Waals surface area contributed by atoms with E-state index in [1.54, 1.807) is 24.3 Å². The molecule has 1 aromatic carbocycles. The Bertz CT molecular complexity index is 553. The van der Waals surface area contributed by atoms with Crippen LogP contribution in [0.2, 0.25) is 0 Å². The van der Waals surface area contributed by atoms with Crippen molar-refractivity contribution in [2.75, 3.05) is 11.9 Å². The van der Waals surface area contributed by atoms with Gasteiger partial charge in [-0.15, -0.1) is 0 Å². The number of carbonyl (C=O) groups excluding carboxylic acids is 2. The van der Waals surface area contributed by atoms with Crippen LogP contribution in [-0.2, 0) is 9.59 Å². The molecule has 21 heavy (non-hydrogen) atoms. The van der Waals surface area contributed by atoms with E-state index >= 15 is 0 Å². The minimum atomic E-state index is -0.932. The molecule has 0 heterocycles. The molecule has 6 nitrogen and oxygen atoms in total. The van der Waals surface area contributed by atoms with Gasteiger partial charge in [0, 0.05) is 17.8 Å². The van der Waals surface area contributed by atoms with Gasteiger partial charge >= 0.3 is 5.97 Å². The summed E-state index contributed by atoms with van der Waals surface area (Å²) < 4.78 is 0. The van der Waals surface area contributed by atoms with Crippen LogP contribution in [-0.4, -0.2) is 29.4 Å². The number of carboxylic acid groups (broad SMARTS) is 1. The monoisotopic (exact) mass is 290 g/mol. The van der Waals surface area contributed by atoms with Crippen molar-refractivity contribution in [1.29, 1.82) is 0 Å². The number of amides is 2. The van der Waals surface area contributed by atoms with Crippen LogP contribution in [0.1, 0.15) is 30.1 Å². The molecule has 0 saturated heterocycles. The van der Waals surface area contributed by atoms with Gasteiger partial charge in [0.25, 0.3) is 5.91 Å². The molecule has 1 aromatic rings. The van der Waals surface area contributed by atoms with Gasteiger partial charge < -0.3 is 15.7 Å². The number of aliphatic carboxylic acids is 1. The van der Waals surface area contributed by atoms with E-state index in [4.69, 9.17) is 5.11 Å². The van der Waals surface area contributed by atoms with Crippen LogP contribution < -0.4 is 10.6 Å². The maximum Gasteiger partial charge on any atom is 0.307 e. The van der Waals surface area contributed by atoms with Crippen LogP contribution in [0.5, 0.6) is 0 Å². The van der Waals surface area contributed by atoms with Gasteiger partial charge in [0.05, 0.1) is 11.8 Å². The molecule has 3 N–H and O–H groups in total. The summed E-state index contributed by atoms with van der Waals surface area (Å²) >= 11 is 0. The van der Waals surface area contributed by atoms with Crippen molar-refractivity contribution in [1.82, 2.24) is 5.32 Å². The average molecular weight is 290 g/mol. The largest absolute Gasteiger partial charge is 0.481 e. The van der Waals surface area contributed by atoms with Crippen LogP contribution in [0.4, 0.5) is 5.69 Å². The first kappa shape index (κ1) is 15.0. The summed E-state index contributed by atoms with van der Waals surface area (Å²) in [6, 6.07) is 6.53. The van der Waals surface area contributed by atoms with Gasteiger partial charge in [-0.25, -0.2) is 0 Å². The smallest absolute Gasteiger partial charge is 0.307 e. The molecule has 2 unspecified atom stereocenters. The molecular formula is C15H18N2O4. The first-order chi connectivity index (χ1) is 10.0. The van der Waals surface area contributed by atoms with Gasteiger partial charge in [-0.2, -0.15) is 0 Å². The van der Waals surface area contributed by atoms with Crippen molar-refractivity contribution in [3.8, 4) is 0 Å². The number of anilines is 1. The van der Waals surface area contributed by atoms with E-state index in [-0.39, 0.29) is 11.8 Å². The van der Waals surface area contributed by atoms with Crippen molar-refractivity contribution in [3.63, 3.8) is 0 Å². The highest BCUT2D eigenvalue weighted by molar-refractivity contribution is 5.99. The van der Waals surface area contributed by atoms with Crippen molar-refractivity contribution in [3.05, 3.63) is 29.8 Å². The second-order valence-electron chi connectivity index (χ2n) is 5.11. The Balaban J connectivity index is 1.89. The van der Waals surface area contributed by atoms with Gasteiger partial charge in [-0.1, -0.05) is 6.92 Å². The highest BCUT2D eigenvalue weighted by atomic mass is 16.4. The Morgan fingerprint density at radius 1 is 1.19 bits per heavy atom. The fourth-order valence-electron chi connectivity index (χ4n) is 2.04. The van der Waals surface area contributed by atoms with Crippen LogP contribution in [0.3, 0.4) is 0 Å². The Hall–Kier alpha value is -2.37. The lowest BCUT2D eigenvalue weighted by atomic mass is 10.2. The molecule has 2 amide bonds. The molecule has 0 spiro atoms. The second-order valence-corrected chi connectivity index (χ2v) is 5.11. The predicted octanol–water partition coefficient (Wildman–Crippen LogP) is 1.49. The van der Waals surface area contributed by atoms with E-state index in [0.717, 1.165) is 6.42 Å². The zero-order valence-corrected chi connectivity index (χ0v) is 11.8. The lowest BCUT2D eigenvalue weighted by molar-refractivity contribution is -0.139. The molecule has 1 fully saturated rings. The molecule has 0 aromatic heterocycles. The van der Waals surface area contributed by atoms with Crippen LogP contribution >= 0.6 is 0 Å². The summed E-state index contributed by atoms with van der Waals surface area (Å²) in [5.41, 5.74) is 1.08. The summed E-state index contributed by atoms with van der Waals surface area (Å²) in [6.45, 7) is 2.59. The molecule has 112 valence electrons. The molecule has 0 radical (unpaired) electrons. The van der Waals surface area contributed by atoms with Crippen LogP contribution in [0, 0.1) is 11.8 Å². The minimum absolute atomic E-state index is 0.150. The van der Waals surface area contributed by atoms with Crippen molar-refractivity contribution in [2.45, 2.75) is 19.8 Å². The number of carbonyl (C=O) groups is 3. The summed E-state index contributed by atoms with van der Waals surface area (Å²) in [5.74, 6) is -2.38. The van der Waals surface area contributed by atoms with Gasteiger partial charge in [-0.05, 0) is 37.1 Å². The van der Waals surface area contributed by atoms with Crippen molar-refractivity contribution >= 4 is 23.5 Å². The molecule has 2 atom stereocenters. The Morgan fingerprint density at radius 2 is 1.86 bits per heavy atom. The zero-order valence-electron chi connectivity index (χ0n) is 11.8. The SMILES string of the molecule is CCCNC(=O)c1ccc(NC(=O)C2CC2C(=O)O)cc1. The van der Waals surface area contributed by atoms with Gasteiger partial charge in [0.2, 0.25) is 5.91 Å². The maximum atomic E-state index is 11.8. The zero-order chi connectivity index (χ0) is 15.4. The molecule has 0 bridgehead atoms. The third-order valence-electron chi connectivity index (χ3n) is 3.39. The second kappa shape index (κ2) is 6.39. The molecule has 1 saturated carbocycles. The molecule has 2 rings (SSSR count). The third kappa shape index (κ3) is 3.81. The number of benzene rings is 1. The fourth-order valence-corrected chi connectivity index (χ4v) is 2.04. The first-order valence-electron chi connectivity index (χ1n) is 6.95. The Morgan fingerprint density at radius 3 is 2.38 bits per heavy atom. The predicted molar refractivity (Wildman–Crippen MR) is 76.9 cm³/mol. The van der Waals surface area contributed by atoms with E-state index in [0.29, 0.717) is 24.2 Å². The normalized spacial score (nSPS) is 19.7. The quantitative estimate of drug-likeness (QED) is 0.739. The summed E-state index contributed by atoms with van der Waals surface area (Å²) in [5, 5.41) is 14.2. The summed E-state index contributed by atoms with van der Waals surface area (Å²) in [7, 11) is 0. The lowest BCUT2D eigenvalue weighted by Gasteiger charge is -2.06. The first-order valence-corrected chi connectivity index (χ1v) is 6.95. The number of rotatable bonds is 6. The van der Waals surface area contributed by atoms with E-state index in [2.05, 4.69) is 10.6 Å². The minimum Gasteiger partial charge on any atom is -0.481 e. The van der Waals surface area contributed by atoms with E-state index < -0.39 is 17.8 Å².